The van der Waals surface area contributed by atoms with Crippen LogP contribution in [0.15, 0.2) is 54.6 Å². The van der Waals surface area contributed by atoms with Gasteiger partial charge in [0.1, 0.15) is 5.52 Å². The Morgan fingerprint density at radius 2 is 1.47 bits per heavy atom. The molecule has 0 radical (unpaired) electrons. The molecule has 0 fully saturated rings. The Balaban J connectivity index is 1.83. The molecule has 0 saturated heterocycles. The predicted octanol–water partition coefficient (Wildman–Crippen LogP) is 4.32. The van der Waals surface area contributed by atoms with E-state index < -0.39 is 0 Å². The highest BCUT2D eigenvalue weighted by Gasteiger charge is 2.16. The van der Waals surface area contributed by atoms with Gasteiger partial charge in [-0.1, -0.05) is 35.5 Å². The van der Waals surface area contributed by atoms with Gasteiger partial charge in [-0.15, -0.1) is 5.10 Å². The summed E-state index contributed by atoms with van der Waals surface area (Å²) in [6.07, 6.45) is 0. The predicted molar refractivity (Wildman–Crippen MR) is 114 cm³/mol. The van der Waals surface area contributed by atoms with Gasteiger partial charge in [0, 0.05) is 17.7 Å². The van der Waals surface area contributed by atoms with Gasteiger partial charge in [0.25, 0.3) is 0 Å². The molecule has 4 aromatic rings. The van der Waals surface area contributed by atoms with Crippen molar-refractivity contribution >= 4 is 16.8 Å². The number of ether oxygens (including phenoxy) is 3. The number of nitrogens with zero attached hydrogens (tertiary/aromatic N) is 3. The largest absolute Gasteiger partial charge is 0.493 e. The third kappa shape index (κ3) is 3.34. The number of aromatic nitrogens is 3. The summed E-state index contributed by atoms with van der Waals surface area (Å²) in [4.78, 5) is 11.5. The van der Waals surface area contributed by atoms with Crippen molar-refractivity contribution in [2.45, 2.75) is 6.92 Å². The van der Waals surface area contributed by atoms with E-state index in [0.717, 1.165) is 27.8 Å². The molecule has 0 N–H and O–H groups in total. The van der Waals surface area contributed by atoms with Crippen LogP contribution in [-0.2, 0) is 0 Å². The second-order valence-electron chi connectivity index (χ2n) is 6.72. The van der Waals surface area contributed by atoms with Crippen molar-refractivity contribution in [3.63, 3.8) is 0 Å². The maximum absolute atomic E-state index is 11.5. The number of carbonyl (C=O) groups excluding carboxylic acids is 1. The van der Waals surface area contributed by atoms with Gasteiger partial charge >= 0.3 is 0 Å². The molecule has 7 heteroatoms. The number of hydrogen-bond acceptors (Lipinski definition) is 6. The molecule has 0 aliphatic carbocycles. The lowest BCUT2D eigenvalue weighted by atomic mass is 10.0. The molecular formula is C23H21N3O4. The molecule has 0 unspecified atom stereocenters. The molecule has 7 nitrogen and oxygen atoms in total. The number of Topliss-reactive ketones (excluding diaryl/α,β-unsaturated/α-hetero) is 1. The van der Waals surface area contributed by atoms with Crippen LogP contribution in [0.2, 0.25) is 0 Å². The van der Waals surface area contributed by atoms with E-state index in [1.165, 1.54) is 0 Å². The second-order valence-corrected chi connectivity index (χ2v) is 6.72. The summed E-state index contributed by atoms with van der Waals surface area (Å²) in [5, 5.41) is 8.59. The van der Waals surface area contributed by atoms with Gasteiger partial charge in [0.05, 0.1) is 32.5 Å². The van der Waals surface area contributed by atoms with Crippen molar-refractivity contribution in [1.29, 1.82) is 0 Å². The molecule has 0 atom stereocenters. The topological polar surface area (TPSA) is 75.5 Å². The zero-order valence-corrected chi connectivity index (χ0v) is 17.2. The zero-order chi connectivity index (χ0) is 21.3. The smallest absolute Gasteiger partial charge is 0.203 e. The van der Waals surface area contributed by atoms with Gasteiger partial charge < -0.3 is 14.2 Å². The Kier molecular flexibility index (Phi) is 5.10. The highest BCUT2D eigenvalue weighted by atomic mass is 16.5. The molecule has 0 spiro atoms. The lowest BCUT2D eigenvalue weighted by Crippen LogP contribution is -2.01. The minimum Gasteiger partial charge on any atom is -0.493 e. The number of methoxy groups -OCH3 is 3. The summed E-state index contributed by atoms with van der Waals surface area (Å²) in [6.45, 7) is 1.56. The van der Waals surface area contributed by atoms with Gasteiger partial charge in [-0.05, 0) is 30.2 Å². The van der Waals surface area contributed by atoms with E-state index >= 15 is 0 Å². The molecule has 0 bridgehead atoms. The molecule has 1 aromatic heterocycles. The Morgan fingerprint density at radius 1 is 0.833 bits per heavy atom. The molecular weight excluding hydrogens is 382 g/mol. The van der Waals surface area contributed by atoms with Gasteiger partial charge in [-0.25, -0.2) is 4.68 Å². The van der Waals surface area contributed by atoms with Crippen LogP contribution in [0.5, 0.6) is 17.2 Å². The van der Waals surface area contributed by atoms with Crippen molar-refractivity contribution < 1.29 is 19.0 Å². The summed E-state index contributed by atoms with van der Waals surface area (Å²) < 4.78 is 18.0. The fraction of sp³-hybridized carbons (Fsp3) is 0.174. The number of ketones is 1. The van der Waals surface area contributed by atoms with E-state index in [9.17, 15) is 4.79 Å². The van der Waals surface area contributed by atoms with Crippen molar-refractivity contribution in [3.8, 4) is 34.1 Å². The van der Waals surface area contributed by atoms with Crippen LogP contribution >= 0.6 is 0 Å². The number of carbonyl (C=O) groups is 1. The summed E-state index contributed by atoms with van der Waals surface area (Å²) in [5.41, 5.74) is 5.00. The first-order valence-corrected chi connectivity index (χ1v) is 9.33. The number of benzene rings is 3. The van der Waals surface area contributed by atoms with Crippen LogP contribution in [0.1, 0.15) is 17.3 Å². The molecule has 0 saturated carbocycles. The van der Waals surface area contributed by atoms with E-state index in [1.807, 2.05) is 54.6 Å². The second kappa shape index (κ2) is 7.87. The van der Waals surface area contributed by atoms with E-state index in [2.05, 4.69) is 10.3 Å². The average molecular weight is 403 g/mol. The van der Waals surface area contributed by atoms with Crippen LogP contribution in [-0.4, -0.2) is 42.1 Å². The highest BCUT2D eigenvalue weighted by Crippen LogP contribution is 2.39. The minimum atomic E-state index is 0.0432. The van der Waals surface area contributed by atoms with Crippen LogP contribution in [0.25, 0.3) is 27.8 Å². The van der Waals surface area contributed by atoms with Crippen LogP contribution in [0.4, 0.5) is 0 Å². The number of hydrogen-bond donors (Lipinski definition) is 0. The standard InChI is InChI=1S/C23H21N3O4/c1-14(27)15-5-7-16(8-6-15)17-9-10-19-20(11-17)26(25-24-19)18-12-21(28-2)23(30-4)22(13-18)29-3/h5-13H,1-4H3. The third-order valence-corrected chi connectivity index (χ3v) is 4.96. The molecule has 152 valence electrons. The summed E-state index contributed by atoms with van der Waals surface area (Å²) >= 11 is 0. The molecule has 30 heavy (non-hydrogen) atoms. The first kappa shape index (κ1) is 19.4. The maximum Gasteiger partial charge on any atom is 0.203 e. The summed E-state index contributed by atoms with van der Waals surface area (Å²) in [5.74, 6) is 1.62. The van der Waals surface area contributed by atoms with E-state index in [-0.39, 0.29) is 5.78 Å². The van der Waals surface area contributed by atoms with Crippen molar-refractivity contribution in [2.75, 3.05) is 21.3 Å². The minimum absolute atomic E-state index is 0.0432. The van der Waals surface area contributed by atoms with E-state index in [0.29, 0.717) is 22.8 Å². The Morgan fingerprint density at radius 3 is 2.03 bits per heavy atom. The van der Waals surface area contributed by atoms with E-state index in [4.69, 9.17) is 14.2 Å². The molecule has 0 amide bonds. The summed E-state index contributed by atoms with van der Waals surface area (Å²) in [7, 11) is 4.71. The van der Waals surface area contributed by atoms with E-state index in [1.54, 1.807) is 32.9 Å². The van der Waals surface area contributed by atoms with Gasteiger partial charge in [0.2, 0.25) is 5.75 Å². The van der Waals surface area contributed by atoms with Crippen molar-refractivity contribution in [1.82, 2.24) is 15.0 Å². The van der Waals surface area contributed by atoms with Crippen LogP contribution in [0.3, 0.4) is 0 Å². The molecule has 4 rings (SSSR count). The number of rotatable bonds is 6. The quantitative estimate of drug-likeness (QED) is 0.447. The fourth-order valence-electron chi connectivity index (χ4n) is 3.38. The first-order chi connectivity index (χ1) is 14.5. The SMILES string of the molecule is COc1cc(-n2nnc3ccc(-c4ccc(C(C)=O)cc4)cc32)cc(OC)c1OC. The van der Waals surface area contributed by atoms with Gasteiger partial charge in [-0.3, -0.25) is 4.79 Å². The van der Waals surface area contributed by atoms with Gasteiger partial charge in [0.15, 0.2) is 17.3 Å². The fourth-order valence-corrected chi connectivity index (χ4v) is 3.38. The lowest BCUT2D eigenvalue weighted by Gasteiger charge is -2.14. The highest BCUT2D eigenvalue weighted by molar-refractivity contribution is 5.94. The molecule has 0 aliphatic heterocycles. The zero-order valence-electron chi connectivity index (χ0n) is 17.2. The van der Waals surface area contributed by atoms with Crippen molar-refractivity contribution in [3.05, 3.63) is 60.2 Å². The first-order valence-electron chi connectivity index (χ1n) is 9.33. The normalized spacial score (nSPS) is 10.8. The Bertz CT molecular complexity index is 1200. The van der Waals surface area contributed by atoms with Crippen molar-refractivity contribution in [2.24, 2.45) is 0 Å². The molecule has 0 aliphatic rings. The lowest BCUT2D eigenvalue weighted by molar-refractivity contribution is 0.101. The maximum atomic E-state index is 11.5. The third-order valence-electron chi connectivity index (χ3n) is 4.96. The van der Waals surface area contributed by atoms with Crippen LogP contribution < -0.4 is 14.2 Å². The number of fused-ring (bicyclic) bond motifs is 1. The average Bonchev–Trinajstić information content (AvgIpc) is 3.21. The summed E-state index contributed by atoms with van der Waals surface area (Å²) in [6, 6.07) is 17.1. The molecule has 3 aromatic carbocycles. The Hall–Kier alpha value is -3.87. The monoisotopic (exact) mass is 403 g/mol. The van der Waals surface area contributed by atoms with Gasteiger partial charge in [-0.2, -0.15) is 0 Å². The van der Waals surface area contributed by atoms with Crippen LogP contribution in [0, 0.1) is 0 Å². The molecule has 1 heterocycles. The Labute approximate surface area is 173 Å².